The molecule has 2 heteroatoms. The van der Waals surface area contributed by atoms with Gasteiger partial charge < -0.3 is 5.73 Å². The molecule has 108 valence electrons. The highest BCUT2D eigenvalue weighted by Gasteiger charge is 2.51. The molecule has 2 unspecified atom stereocenters. The van der Waals surface area contributed by atoms with Crippen molar-refractivity contribution in [2.24, 2.45) is 0 Å². The first kappa shape index (κ1) is 13.0. The van der Waals surface area contributed by atoms with Crippen LogP contribution in [0.2, 0.25) is 0 Å². The van der Waals surface area contributed by atoms with Crippen LogP contribution in [0.25, 0.3) is 6.08 Å². The van der Waals surface area contributed by atoms with Crippen molar-refractivity contribution in [3.63, 3.8) is 0 Å². The Morgan fingerprint density at radius 3 is 2.62 bits per heavy atom. The topological polar surface area (TPSA) is 26.0 Å². The minimum absolute atomic E-state index is 0.191. The SMILES string of the molecule is CC1(C)c2ccccc2S2(C)c3ccc(N)cc3C=CC12. The van der Waals surface area contributed by atoms with Gasteiger partial charge in [0.1, 0.15) is 0 Å². The van der Waals surface area contributed by atoms with Crippen molar-refractivity contribution in [3.8, 4) is 0 Å². The lowest BCUT2D eigenvalue weighted by atomic mass is 9.81. The predicted octanol–water partition coefficient (Wildman–Crippen LogP) is 4.81. The molecule has 2 aromatic rings. The van der Waals surface area contributed by atoms with Crippen molar-refractivity contribution in [2.75, 3.05) is 12.0 Å². The van der Waals surface area contributed by atoms with Crippen molar-refractivity contribution in [2.45, 2.75) is 34.3 Å². The van der Waals surface area contributed by atoms with Crippen LogP contribution in [0.1, 0.15) is 25.0 Å². The van der Waals surface area contributed by atoms with Gasteiger partial charge in [-0.1, -0.05) is 44.2 Å². The average molecular weight is 295 g/mol. The Kier molecular flexibility index (Phi) is 2.45. The van der Waals surface area contributed by atoms with Crippen LogP contribution in [0.5, 0.6) is 0 Å². The molecule has 4 rings (SSSR count). The number of benzene rings is 2. The smallest absolute Gasteiger partial charge is 0.0320 e. The quantitative estimate of drug-likeness (QED) is 0.694. The number of nitrogens with two attached hydrogens (primary N) is 1. The molecule has 2 aliphatic rings. The molecule has 0 aromatic heterocycles. The lowest BCUT2D eigenvalue weighted by Gasteiger charge is -2.45. The minimum Gasteiger partial charge on any atom is -0.399 e. The molecule has 0 fully saturated rings. The maximum Gasteiger partial charge on any atom is 0.0320 e. The fourth-order valence-corrected chi connectivity index (χ4v) is 8.77. The molecule has 2 heterocycles. The maximum absolute atomic E-state index is 5.99. The number of anilines is 1. The molecule has 0 amide bonds. The van der Waals surface area contributed by atoms with E-state index in [2.05, 4.69) is 74.7 Å². The third kappa shape index (κ3) is 1.49. The van der Waals surface area contributed by atoms with E-state index in [0.717, 1.165) is 5.69 Å². The molecule has 2 aliphatic heterocycles. The minimum atomic E-state index is -1.03. The number of hydrogen-bond acceptors (Lipinski definition) is 1. The van der Waals surface area contributed by atoms with Crippen LogP contribution in [-0.4, -0.2) is 11.5 Å². The van der Waals surface area contributed by atoms with Gasteiger partial charge in [-0.2, -0.15) is 10.0 Å². The molecule has 0 bridgehead atoms. The van der Waals surface area contributed by atoms with E-state index in [-0.39, 0.29) is 5.41 Å². The molecule has 0 aliphatic carbocycles. The molecule has 2 aromatic carbocycles. The van der Waals surface area contributed by atoms with Crippen LogP contribution in [-0.2, 0) is 5.41 Å². The zero-order chi connectivity index (χ0) is 14.8. The van der Waals surface area contributed by atoms with E-state index in [1.54, 1.807) is 4.90 Å². The molecular formula is C19H21NS. The molecule has 1 nitrogen and oxygen atoms in total. The summed E-state index contributed by atoms with van der Waals surface area (Å²) in [6.45, 7) is 4.78. The monoisotopic (exact) mass is 295 g/mol. The fraction of sp³-hybridized carbons (Fsp3) is 0.263. The largest absolute Gasteiger partial charge is 0.399 e. The van der Waals surface area contributed by atoms with E-state index in [1.165, 1.54) is 16.0 Å². The molecule has 21 heavy (non-hydrogen) atoms. The van der Waals surface area contributed by atoms with Crippen LogP contribution in [0.3, 0.4) is 0 Å². The number of fused-ring (bicyclic) bond motifs is 5. The zero-order valence-electron chi connectivity index (χ0n) is 12.8. The summed E-state index contributed by atoms with van der Waals surface area (Å²) >= 11 is 0. The molecule has 2 atom stereocenters. The molecule has 2 N–H and O–H groups in total. The summed E-state index contributed by atoms with van der Waals surface area (Å²) < 4.78 is 0. The van der Waals surface area contributed by atoms with E-state index in [1.807, 2.05) is 0 Å². The zero-order valence-corrected chi connectivity index (χ0v) is 13.6. The Morgan fingerprint density at radius 1 is 1.05 bits per heavy atom. The fourth-order valence-electron chi connectivity index (χ4n) is 4.18. The van der Waals surface area contributed by atoms with Gasteiger partial charge in [0.05, 0.1) is 0 Å². The molecule has 0 saturated carbocycles. The Hall–Kier alpha value is -1.67. The van der Waals surface area contributed by atoms with E-state index < -0.39 is 10.0 Å². The Balaban J connectivity index is 2.07. The van der Waals surface area contributed by atoms with E-state index in [9.17, 15) is 0 Å². The standard InChI is InChI=1S/C19H21NS/c1-19(2)15-6-4-5-7-17(15)21(3)16-10-9-14(20)12-13(16)8-11-18(19)21/h4-12,18H,20H2,1-3H3. The Labute approximate surface area is 128 Å². The summed E-state index contributed by atoms with van der Waals surface area (Å²) in [5.74, 6) is 0. The lowest BCUT2D eigenvalue weighted by Crippen LogP contribution is -2.31. The maximum atomic E-state index is 5.99. The second-order valence-electron chi connectivity index (χ2n) is 6.78. The van der Waals surface area contributed by atoms with E-state index in [0.29, 0.717) is 5.25 Å². The van der Waals surface area contributed by atoms with Gasteiger partial charge in [0.2, 0.25) is 0 Å². The van der Waals surface area contributed by atoms with Gasteiger partial charge in [-0.25, -0.2) is 0 Å². The molecule has 0 radical (unpaired) electrons. The van der Waals surface area contributed by atoms with Gasteiger partial charge in [0.25, 0.3) is 0 Å². The van der Waals surface area contributed by atoms with Crippen LogP contribution in [0.4, 0.5) is 5.69 Å². The molecule has 0 saturated heterocycles. The third-order valence-corrected chi connectivity index (χ3v) is 9.52. The van der Waals surface area contributed by atoms with Gasteiger partial charge in [-0.05, 0) is 46.5 Å². The summed E-state index contributed by atoms with van der Waals surface area (Å²) in [4.78, 5) is 3.04. The van der Waals surface area contributed by atoms with Crippen LogP contribution in [0, 0.1) is 0 Å². The molecule has 0 spiro atoms. The van der Waals surface area contributed by atoms with Crippen molar-refractivity contribution < 1.29 is 0 Å². The third-order valence-electron chi connectivity index (χ3n) is 5.20. The highest BCUT2D eigenvalue weighted by Crippen LogP contribution is 2.75. The highest BCUT2D eigenvalue weighted by molar-refractivity contribution is 8.34. The van der Waals surface area contributed by atoms with Gasteiger partial charge >= 0.3 is 0 Å². The Bertz CT molecular complexity index is 775. The van der Waals surface area contributed by atoms with Crippen molar-refractivity contribution in [1.29, 1.82) is 0 Å². The normalized spacial score (nSPS) is 30.9. The van der Waals surface area contributed by atoms with Gasteiger partial charge in [0, 0.05) is 21.2 Å². The van der Waals surface area contributed by atoms with Crippen LogP contribution < -0.4 is 5.73 Å². The van der Waals surface area contributed by atoms with Gasteiger partial charge in [-0.15, -0.1) is 0 Å². The molecular weight excluding hydrogens is 274 g/mol. The van der Waals surface area contributed by atoms with Crippen LogP contribution >= 0.6 is 10.0 Å². The second-order valence-corrected chi connectivity index (χ2v) is 10.1. The summed E-state index contributed by atoms with van der Waals surface area (Å²) in [5.41, 5.74) is 9.85. The predicted molar refractivity (Wildman–Crippen MR) is 93.2 cm³/mol. The lowest BCUT2D eigenvalue weighted by molar-refractivity contribution is 0.550. The first-order valence-corrected chi connectivity index (χ1v) is 9.50. The number of hydrogen-bond donors (Lipinski definition) is 1. The number of rotatable bonds is 0. The average Bonchev–Trinajstić information content (AvgIpc) is 2.64. The first-order chi connectivity index (χ1) is 9.95. The van der Waals surface area contributed by atoms with E-state index in [4.69, 9.17) is 5.73 Å². The van der Waals surface area contributed by atoms with Crippen molar-refractivity contribution >= 4 is 21.8 Å². The van der Waals surface area contributed by atoms with Crippen molar-refractivity contribution in [1.82, 2.24) is 0 Å². The Morgan fingerprint density at radius 2 is 1.81 bits per heavy atom. The first-order valence-electron chi connectivity index (χ1n) is 7.40. The van der Waals surface area contributed by atoms with E-state index >= 15 is 0 Å². The summed E-state index contributed by atoms with van der Waals surface area (Å²) in [6.07, 6.45) is 7.18. The van der Waals surface area contributed by atoms with Crippen molar-refractivity contribution in [3.05, 3.63) is 59.7 Å². The van der Waals surface area contributed by atoms with Gasteiger partial charge in [-0.3, -0.25) is 0 Å². The second kappa shape index (κ2) is 3.95. The van der Waals surface area contributed by atoms with Gasteiger partial charge in [0.15, 0.2) is 0 Å². The van der Waals surface area contributed by atoms with Crippen LogP contribution in [0.15, 0.2) is 58.3 Å². The number of nitrogen functional groups attached to an aromatic ring is 1. The summed E-state index contributed by atoms with van der Waals surface area (Å²) in [6, 6.07) is 15.5. The summed E-state index contributed by atoms with van der Waals surface area (Å²) in [5, 5.41) is 0.568. The summed E-state index contributed by atoms with van der Waals surface area (Å²) in [7, 11) is -1.03. The highest BCUT2D eigenvalue weighted by atomic mass is 32.3.